The highest BCUT2D eigenvalue weighted by molar-refractivity contribution is 6.03. The molecule has 10 heteroatoms. The highest BCUT2D eigenvalue weighted by Gasteiger charge is 2.35. The average Bonchev–Trinajstić information content (AvgIpc) is 3.58. The van der Waals surface area contributed by atoms with Gasteiger partial charge in [0, 0.05) is 39.0 Å². The second-order valence-corrected chi connectivity index (χ2v) is 11.6. The number of halogens is 1. The molecule has 0 aliphatic carbocycles. The molecule has 0 N–H and O–H groups in total. The maximum atomic E-state index is 13.9. The molecule has 5 rings (SSSR count). The average molecular weight is 553 g/mol. The SMILES string of the molecule is CC(C)(C)CC(=O)N(CCN1CCOCC1)CC(=O)N1N=C(c2ccc(F)cc2)C[C@H]1c1ccc2c(c1)OCO2. The van der Waals surface area contributed by atoms with E-state index in [4.69, 9.17) is 19.3 Å². The van der Waals surface area contributed by atoms with Gasteiger partial charge in [0.15, 0.2) is 11.5 Å². The van der Waals surface area contributed by atoms with E-state index in [-0.39, 0.29) is 36.4 Å². The zero-order chi connectivity index (χ0) is 28.3. The number of ether oxygens (including phenoxy) is 3. The molecule has 0 saturated carbocycles. The first-order chi connectivity index (χ1) is 19.2. The van der Waals surface area contributed by atoms with E-state index in [2.05, 4.69) is 4.90 Å². The number of nitrogens with zero attached hydrogens (tertiary/aromatic N) is 4. The third-order valence-corrected chi connectivity index (χ3v) is 7.27. The molecule has 2 amide bonds. The van der Waals surface area contributed by atoms with E-state index < -0.39 is 6.04 Å². The van der Waals surface area contributed by atoms with Crippen molar-refractivity contribution in [2.45, 2.75) is 39.7 Å². The number of carbonyl (C=O) groups is 2. The number of rotatable bonds is 8. The largest absolute Gasteiger partial charge is 0.454 e. The van der Waals surface area contributed by atoms with Crippen LogP contribution in [0.4, 0.5) is 4.39 Å². The van der Waals surface area contributed by atoms with Gasteiger partial charge in [-0.25, -0.2) is 9.40 Å². The lowest BCUT2D eigenvalue weighted by Crippen LogP contribution is -2.47. The normalized spacial score (nSPS) is 19.1. The Kier molecular flexibility index (Phi) is 8.37. The van der Waals surface area contributed by atoms with Gasteiger partial charge in [-0.1, -0.05) is 39.0 Å². The number of hydrazone groups is 1. The van der Waals surface area contributed by atoms with Crippen molar-refractivity contribution in [2.24, 2.45) is 10.5 Å². The van der Waals surface area contributed by atoms with Crippen molar-refractivity contribution in [1.82, 2.24) is 14.8 Å². The van der Waals surface area contributed by atoms with Gasteiger partial charge in [-0.3, -0.25) is 14.5 Å². The Labute approximate surface area is 234 Å². The zero-order valence-electron chi connectivity index (χ0n) is 23.4. The fourth-order valence-electron chi connectivity index (χ4n) is 5.12. The quantitative estimate of drug-likeness (QED) is 0.495. The summed E-state index contributed by atoms with van der Waals surface area (Å²) in [6, 6.07) is 11.3. The minimum absolute atomic E-state index is 0.0596. The Morgan fingerprint density at radius 3 is 2.50 bits per heavy atom. The molecule has 9 nitrogen and oxygen atoms in total. The predicted octanol–water partition coefficient (Wildman–Crippen LogP) is 3.83. The summed E-state index contributed by atoms with van der Waals surface area (Å²) >= 11 is 0. The molecule has 2 aromatic rings. The Hall–Kier alpha value is -3.50. The second-order valence-electron chi connectivity index (χ2n) is 11.6. The highest BCUT2D eigenvalue weighted by Crippen LogP contribution is 2.39. The first-order valence-electron chi connectivity index (χ1n) is 13.8. The van der Waals surface area contributed by atoms with Crippen LogP contribution in [-0.2, 0) is 14.3 Å². The lowest BCUT2D eigenvalue weighted by molar-refractivity contribution is -0.142. The smallest absolute Gasteiger partial charge is 0.262 e. The van der Waals surface area contributed by atoms with Gasteiger partial charge in [-0.15, -0.1) is 0 Å². The van der Waals surface area contributed by atoms with E-state index in [1.807, 2.05) is 39.0 Å². The number of fused-ring (bicyclic) bond motifs is 1. The van der Waals surface area contributed by atoms with Gasteiger partial charge >= 0.3 is 0 Å². The van der Waals surface area contributed by atoms with Gasteiger partial charge in [0.2, 0.25) is 12.7 Å². The summed E-state index contributed by atoms with van der Waals surface area (Å²) in [4.78, 5) is 31.2. The molecule has 2 aromatic carbocycles. The Morgan fingerprint density at radius 1 is 1.05 bits per heavy atom. The summed E-state index contributed by atoms with van der Waals surface area (Å²) in [5.41, 5.74) is 2.06. The van der Waals surface area contributed by atoms with E-state index >= 15 is 0 Å². The summed E-state index contributed by atoms with van der Waals surface area (Å²) in [6.07, 6.45) is 0.778. The number of hydrogen-bond donors (Lipinski definition) is 0. The predicted molar refractivity (Wildman–Crippen MR) is 148 cm³/mol. The fourth-order valence-corrected chi connectivity index (χ4v) is 5.12. The molecule has 3 aliphatic rings. The molecule has 1 fully saturated rings. The van der Waals surface area contributed by atoms with Crippen LogP contribution in [0.15, 0.2) is 47.6 Å². The Morgan fingerprint density at radius 2 is 1.77 bits per heavy atom. The van der Waals surface area contributed by atoms with E-state index in [1.165, 1.54) is 17.1 Å². The van der Waals surface area contributed by atoms with Gasteiger partial charge in [0.1, 0.15) is 12.4 Å². The van der Waals surface area contributed by atoms with Gasteiger partial charge in [0.25, 0.3) is 5.91 Å². The van der Waals surface area contributed by atoms with Gasteiger partial charge < -0.3 is 19.1 Å². The van der Waals surface area contributed by atoms with E-state index in [1.54, 1.807) is 17.0 Å². The maximum absolute atomic E-state index is 13.9. The van der Waals surface area contributed by atoms with Crippen molar-refractivity contribution < 1.29 is 28.2 Å². The molecule has 0 radical (unpaired) electrons. The minimum atomic E-state index is -0.402. The third kappa shape index (κ3) is 6.79. The standard InChI is InChI=1S/C30H37FN4O5/c1-30(2,3)18-28(36)34(11-10-33-12-14-38-15-13-33)19-29(37)35-25(22-6-9-26-27(16-22)40-20-39-26)17-24(32-35)21-4-7-23(31)8-5-21/h4-9,16,25H,10-15,17-20H2,1-3H3/t25-/m0/s1. The number of carbonyl (C=O) groups excluding carboxylic acids is 2. The lowest BCUT2D eigenvalue weighted by Gasteiger charge is -2.32. The summed E-state index contributed by atoms with van der Waals surface area (Å²) in [7, 11) is 0. The van der Waals surface area contributed by atoms with Crippen molar-refractivity contribution in [3.8, 4) is 11.5 Å². The summed E-state index contributed by atoms with van der Waals surface area (Å²) in [5.74, 6) is 0.601. The molecule has 0 spiro atoms. The summed E-state index contributed by atoms with van der Waals surface area (Å²) in [5, 5.41) is 6.19. The van der Waals surface area contributed by atoms with Crippen LogP contribution in [-0.4, -0.2) is 85.1 Å². The van der Waals surface area contributed by atoms with Crippen molar-refractivity contribution in [3.63, 3.8) is 0 Å². The van der Waals surface area contributed by atoms with Gasteiger partial charge in [-0.2, -0.15) is 5.10 Å². The summed E-state index contributed by atoms with van der Waals surface area (Å²) in [6.45, 7) is 10.2. The fraction of sp³-hybridized carbons (Fsp3) is 0.500. The van der Waals surface area contributed by atoms with Crippen molar-refractivity contribution in [2.75, 3.05) is 52.7 Å². The number of hydrogen-bond acceptors (Lipinski definition) is 7. The van der Waals surface area contributed by atoms with Crippen LogP contribution in [0.5, 0.6) is 11.5 Å². The van der Waals surface area contributed by atoms with Crippen molar-refractivity contribution >= 4 is 17.5 Å². The van der Waals surface area contributed by atoms with Crippen LogP contribution < -0.4 is 9.47 Å². The second kappa shape index (κ2) is 11.9. The lowest BCUT2D eigenvalue weighted by atomic mass is 9.91. The van der Waals surface area contributed by atoms with Crippen LogP contribution >= 0.6 is 0 Å². The topological polar surface area (TPSA) is 83.9 Å². The third-order valence-electron chi connectivity index (χ3n) is 7.27. The van der Waals surface area contributed by atoms with E-state index in [0.717, 1.165) is 24.2 Å². The van der Waals surface area contributed by atoms with Crippen LogP contribution in [0.3, 0.4) is 0 Å². The Bertz CT molecular complexity index is 1250. The Balaban J connectivity index is 1.39. The first kappa shape index (κ1) is 28.0. The molecule has 0 bridgehead atoms. The van der Waals surface area contributed by atoms with Crippen LogP contribution in [0.25, 0.3) is 0 Å². The molecule has 1 saturated heterocycles. The molecule has 3 heterocycles. The highest BCUT2D eigenvalue weighted by atomic mass is 19.1. The molecular formula is C30H37FN4O5. The molecule has 3 aliphatic heterocycles. The minimum Gasteiger partial charge on any atom is -0.454 e. The van der Waals surface area contributed by atoms with Gasteiger partial charge in [-0.05, 0) is 40.8 Å². The molecule has 1 atom stereocenters. The molecule has 214 valence electrons. The zero-order valence-corrected chi connectivity index (χ0v) is 23.4. The monoisotopic (exact) mass is 552 g/mol. The first-order valence-corrected chi connectivity index (χ1v) is 13.8. The van der Waals surface area contributed by atoms with Crippen molar-refractivity contribution in [1.29, 1.82) is 0 Å². The summed E-state index contributed by atoms with van der Waals surface area (Å²) < 4.78 is 30.1. The van der Waals surface area contributed by atoms with Crippen LogP contribution in [0, 0.1) is 11.2 Å². The molecule has 0 aromatic heterocycles. The molecule has 40 heavy (non-hydrogen) atoms. The number of amides is 2. The molecule has 0 unspecified atom stereocenters. The van der Waals surface area contributed by atoms with Crippen LogP contribution in [0.1, 0.15) is 50.8 Å². The maximum Gasteiger partial charge on any atom is 0.262 e. The van der Waals surface area contributed by atoms with E-state index in [9.17, 15) is 14.0 Å². The molecular weight excluding hydrogens is 515 g/mol. The van der Waals surface area contributed by atoms with Crippen LogP contribution in [0.2, 0.25) is 0 Å². The number of morpholine rings is 1. The van der Waals surface area contributed by atoms with Gasteiger partial charge in [0.05, 0.1) is 25.0 Å². The van der Waals surface area contributed by atoms with E-state index in [0.29, 0.717) is 56.4 Å². The number of benzene rings is 2. The van der Waals surface area contributed by atoms with Crippen molar-refractivity contribution in [3.05, 3.63) is 59.4 Å².